The molecule has 0 heterocycles. The largest absolute Gasteiger partial charge is 0.497 e. The quantitative estimate of drug-likeness (QED) is 0.485. The molecular formula is C25H28N2O5S. The first kappa shape index (κ1) is 24.4. The third-order valence-electron chi connectivity index (χ3n) is 5.08. The summed E-state index contributed by atoms with van der Waals surface area (Å²) in [7, 11) is -0.526. The molecule has 0 saturated heterocycles. The number of carbonyl (C=O) groups excluding carboxylic acids is 1. The Morgan fingerprint density at radius 2 is 1.64 bits per heavy atom. The molecule has 0 fully saturated rings. The summed E-state index contributed by atoms with van der Waals surface area (Å²) in [5, 5.41) is 2.75. The van der Waals surface area contributed by atoms with Crippen LogP contribution >= 0.6 is 0 Å². The lowest BCUT2D eigenvalue weighted by atomic mass is 10.2. The van der Waals surface area contributed by atoms with Gasteiger partial charge in [-0.05, 0) is 54.4 Å². The van der Waals surface area contributed by atoms with Crippen molar-refractivity contribution in [2.75, 3.05) is 19.5 Å². The number of rotatable bonds is 10. The maximum absolute atomic E-state index is 12.9. The summed E-state index contributed by atoms with van der Waals surface area (Å²) in [5.74, 6) is 0.396. The van der Waals surface area contributed by atoms with Crippen molar-refractivity contribution in [2.45, 2.75) is 31.1 Å². The fourth-order valence-corrected chi connectivity index (χ4v) is 4.28. The first-order valence-electron chi connectivity index (χ1n) is 10.5. The van der Waals surface area contributed by atoms with Gasteiger partial charge in [0, 0.05) is 19.3 Å². The highest BCUT2D eigenvalue weighted by atomic mass is 32.2. The molecule has 1 amide bonds. The van der Waals surface area contributed by atoms with E-state index in [1.807, 2.05) is 54.6 Å². The zero-order valence-corrected chi connectivity index (χ0v) is 19.7. The molecule has 1 unspecified atom stereocenters. The van der Waals surface area contributed by atoms with Crippen LogP contribution in [0.1, 0.15) is 18.1 Å². The maximum Gasteiger partial charge on any atom is 0.253 e. The van der Waals surface area contributed by atoms with Gasteiger partial charge in [-0.1, -0.05) is 42.5 Å². The lowest BCUT2D eigenvalue weighted by Gasteiger charge is -2.18. The van der Waals surface area contributed by atoms with Gasteiger partial charge in [0.05, 0.1) is 18.6 Å². The Hall–Kier alpha value is -3.20. The number of nitrogens with zero attached hydrogens (tertiary/aromatic N) is 1. The Balaban J connectivity index is 1.57. The van der Waals surface area contributed by atoms with Gasteiger partial charge in [-0.3, -0.25) is 4.79 Å². The van der Waals surface area contributed by atoms with E-state index in [9.17, 15) is 13.2 Å². The van der Waals surface area contributed by atoms with E-state index in [1.54, 1.807) is 33.2 Å². The summed E-state index contributed by atoms with van der Waals surface area (Å²) in [6, 6.07) is 22.9. The van der Waals surface area contributed by atoms with Crippen molar-refractivity contribution >= 4 is 21.6 Å². The van der Waals surface area contributed by atoms with E-state index in [0.717, 1.165) is 16.9 Å². The predicted molar refractivity (Wildman–Crippen MR) is 127 cm³/mol. The van der Waals surface area contributed by atoms with E-state index in [-0.39, 0.29) is 24.0 Å². The normalized spacial score (nSPS) is 12.4. The third kappa shape index (κ3) is 6.64. The SMILES string of the molecule is COc1cccc(COC(C)C(=O)Nc2ccc(S(=O)(=O)N(C)Cc3ccccc3)cc2)c1. The van der Waals surface area contributed by atoms with E-state index in [4.69, 9.17) is 9.47 Å². The van der Waals surface area contributed by atoms with Crippen LogP contribution in [0.25, 0.3) is 0 Å². The smallest absolute Gasteiger partial charge is 0.253 e. The highest BCUT2D eigenvalue weighted by Crippen LogP contribution is 2.20. The van der Waals surface area contributed by atoms with Gasteiger partial charge in [-0.2, -0.15) is 4.31 Å². The van der Waals surface area contributed by atoms with Crippen LogP contribution < -0.4 is 10.1 Å². The van der Waals surface area contributed by atoms with Crippen LogP contribution in [-0.4, -0.2) is 38.9 Å². The highest BCUT2D eigenvalue weighted by Gasteiger charge is 2.21. The van der Waals surface area contributed by atoms with Crippen molar-refractivity contribution in [1.29, 1.82) is 0 Å². The van der Waals surface area contributed by atoms with Crippen LogP contribution in [0, 0.1) is 0 Å². The Kier molecular flexibility index (Phi) is 8.21. The van der Waals surface area contributed by atoms with Crippen LogP contribution in [0.2, 0.25) is 0 Å². The number of methoxy groups -OCH3 is 1. The minimum Gasteiger partial charge on any atom is -0.497 e. The molecule has 0 aliphatic heterocycles. The van der Waals surface area contributed by atoms with Crippen LogP contribution in [0.5, 0.6) is 5.75 Å². The summed E-state index contributed by atoms with van der Waals surface area (Å²) in [4.78, 5) is 12.6. The number of hydrogen-bond donors (Lipinski definition) is 1. The van der Waals surface area contributed by atoms with Crippen LogP contribution in [0.15, 0.2) is 83.8 Å². The van der Waals surface area contributed by atoms with E-state index >= 15 is 0 Å². The molecule has 7 nitrogen and oxygen atoms in total. The van der Waals surface area contributed by atoms with Gasteiger partial charge >= 0.3 is 0 Å². The zero-order chi connectivity index (χ0) is 23.8. The summed E-state index contributed by atoms with van der Waals surface area (Å²) < 4.78 is 37.8. The molecule has 0 aliphatic carbocycles. The Bertz CT molecular complexity index is 1160. The van der Waals surface area contributed by atoms with Crippen molar-refractivity contribution in [1.82, 2.24) is 4.31 Å². The molecule has 1 N–H and O–H groups in total. The Labute approximate surface area is 195 Å². The molecule has 8 heteroatoms. The number of carbonyl (C=O) groups is 1. The Morgan fingerprint density at radius 3 is 2.30 bits per heavy atom. The molecule has 0 aliphatic rings. The van der Waals surface area contributed by atoms with E-state index < -0.39 is 16.1 Å². The molecule has 33 heavy (non-hydrogen) atoms. The van der Waals surface area contributed by atoms with Crippen molar-refractivity contribution in [3.05, 3.63) is 90.0 Å². The first-order valence-corrected chi connectivity index (χ1v) is 11.9. The van der Waals surface area contributed by atoms with Crippen molar-refractivity contribution in [3.63, 3.8) is 0 Å². The van der Waals surface area contributed by atoms with Crippen LogP contribution in [-0.2, 0) is 32.7 Å². The van der Waals surface area contributed by atoms with E-state index in [1.165, 1.54) is 16.4 Å². The number of anilines is 1. The fraction of sp³-hybridized carbons (Fsp3) is 0.240. The van der Waals surface area contributed by atoms with E-state index in [0.29, 0.717) is 5.69 Å². The summed E-state index contributed by atoms with van der Waals surface area (Å²) >= 11 is 0. The van der Waals surface area contributed by atoms with Crippen LogP contribution in [0.4, 0.5) is 5.69 Å². The number of hydrogen-bond acceptors (Lipinski definition) is 5. The second-order valence-electron chi connectivity index (χ2n) is 7.57. The molecule has 3 aromatic carbocycles. The summed E-state index contributed by atoms with van der Waals surface area (Å²) in [6.45, 7) is 2.19. The van der Waals surface area contributed by atoms with Gasteiger partial charge in [0.15, 0.2) is 0 Å². The average Bonchev–Trinajstić information content (AvgIpc) is 2.83. The first-order chi connectivity index (χ1) is 15.8. The predicted octanol–water partition coefficient (Wildman–Crippen LogP) is 4.06. The summed E-state index contributed by atoms with van der Waals surface area (Å²) in [6.07, 6.45) is -0.698. The number of benzene rings is 3. The monoisotopic (exact) mass is 468 g/mol. The molecule has 0 saturated carbocycles. The molecule has 3 aromatic rings. The molecule has 3 rings (SSSR count). The molecule has 1 atom stereocenters. The fourth-order valence-electron chi connectivity index (χ4n) is 3.12. The summed E-state index contributed by atoms with van der Waals surface area (Å²) in [5.41, 5.74) is 2.28. The third-order valence-corrected chi connectivity index (χ3v) is 6.90. The molecule has 0 radical (unpaired) electrons. The second kappa shape index (κ2) is 11.1. The molecule has 0 spiro atoms. The van der Waals surface area contributed by atoms with Crippen molar-refractivity contribution in [2.24, 2.45) is 0 Å². The molecule has 174 valence electrons. The number of nitrogens with one attached hydrogen (secondary N) is 1. The molecule has 0 aromatic heterocycles. The van der Waals surface area contributed by atoms with Crippen LogP contribution in [0.3, 0.4) is 0 Å². The number of sulfonamides is 1. The van der Waals surface area contributed by atoms with E-state index in [2.05, 4.69) is 5.32 Å². The molecular weight excluding hydrogens is 440 g/mol. The standard InChI is InChI=1S/C25H28N2O5S/c1-19(32-18-21-10-7-11-23(16-21)31-3)25(28)26-22-12-14-24(15-13-22)33(29,30)27(2)17-20-8-5-4-6-9-20/h4-16,19H,17-18H2,1-3H3,(H,26,28). The van der Waals surface area contributed by atoms with Gasteiger partial charge in [-0.15, -0.1) is 0 Å². The van der Waals surface area contributed by atoms with Gasteiger partial charge in [0.25, 0.3) is 5.91 Å². The zero-order valence-electron chi connectivity index (χ0n) is 18.9. The average molecular weight is 469 g/mol. The van der Waals surface area contributed by atoms with Gasteiger partial charge < -0.3 is 14.8 Å². The Morgan fingerprint density at radius 1 is 0.970 bits per heavy atom. The van der Waals surface area contributed by atoms with Gasteiger partial charge in [0.2, 0.25) is 10.0 Å². The topological polar surface area (TPSA) is 84.9 Å². The van der Waals surface area contributed by atoms with Gasteiger partial charge in [0.1, 0.15) is 11.9 Å². The minimum atomic E-state index is -3.66. The number of amides is 1. The molecule has 0 bridgehead atoms. The number of ether oxygens (including phenoxy) is 2. The second-order valence-corrected chi connectivity index (χ2v) is 9.61. The maximum atomic E-state index is 12.9. The highest BCUT2D eigenvalue weighted by molar-refractivity contribution is 7.89. The van der Waals surface area contributed by atoms with Gasteiger partial charge in [-0.25, -0.2) is 8.42 Å². The van der Waals surface area contributed by atoms with Crippen molar-refractivity contribution in [3.8, 4) is 5.75 Å². The lowest BCUT2D eigenvalue weighted by Crippen LogP contribution is -2.28. The van der Waals surface area contributed by atoms with Crippen molar-refractivity contribution < 1.29 is 22.7 Å². The minimum absolute atomic E-state index is 0.154. The lowest BCUT2D eigenvalue weighted by molar-refractivity contribution is -0.127.